The first-order chi connectivity index (χ1) is 18.9. The molecular formula is C20H30N10O8S2. The highest BCUT2D eigenvalue weighted by atomic mass is 32.2. The number of β-lactam (4-membered cyclic amide) rings is 1. The minimum atomic E-state index is -4.97. The SMILES string of the molecule is NCCCCNCc1cnn(CC2C(NC(=O)/C(=N\OC3(C(=O)O)CC3)C3=CSC(N)N3)C(=O)N2S(=O)(=O)O)n1. The number of carboxylic acid groups (broad SMARTS) is 1. The number of carbonyl (C=O) groups is 3. The number of oxime groups is 1. The fraction of sp³-hybridized carbons (Fsp3) is 0.600. The second-order valence-corrected chi connectivity index (χ2v) is 11.6. The zero-order chi connectivity index (χ0) is 29.1. The van der Waals surface area contributed by atoms with Gasteiger partial charge in [-0.15, -0.1) is 0 Å². The zero-order valence-electron chi connectivity index (χ0n) is 21.1. The number of hydrogen-bond donors (Lipinski definition) is 7. The molecule has 2 amide bonds. The van der Waals surface area contributed by atoms with Crippen LogP contribution in [0.3, 0.4) is 0 Å². The Balaban J connectivity index is 1.47. The van der Waals surface area contributed by atoms with E-state index in [0.29, 0.717) is 25.3 Å². The molecule has 1 aromatic rings. The Morgan fingerprint density at radius 3 is 2.70 bits per heavy atom. The number of nitrogens with zero attached hydrogens (tertiary/aromatic N) is 5. The number of unbranched alkanes of at least 4 members (excludes halogenated alkanes) is 1. The number of aliphatic carboxylic acids is 1. The summed E-state index contributed by atoms with van der Waals surface area (Å²) in [7, 11) is -4.97. The first kappa shape index (κ1) is 29.7. The molecule has 3 unspecified atom stereocenters. The monoisotopic (exact) mass is 602 g/mol. The van der Waals surface area contributed by atoms with Crippen LogP contribution >= 0.6 is 11.8 Å². The molecule has 1 saturated carbocycles. The lowest BCUT2D eigenvalue weighted by Crippen LogP contribution is -2.73. The Morgan fingerprint density at radius 1 is 1.35 bits per heavy atom. The normalized spacial score (nSPS) is 23.7. The number of carbonyl (C=O) groups excluding carboxylic acids is 2. The molecule has 2 fully saturated rings. The minimum absolute atomic E-state index is 0.114. The molecule has 1 saturated heterocycles. The van der Waals surface area contributed by atoms with Crippen LogP contribution < -0.4 is 27.4 Å². The van der Waals surface area contributed by atoms with Crippen LogP contribution in [0.5, 0.6) is 0 Å². The van der Waals surface area contributed by atoms with E-state index in [1.54, 1.807) is 0 Å². The van der Waals surface area contributed by atoms with Gasteiger partial charge in [-0.2, -0.15) is 23.4 Å². The molecule has 0 radical (unpaired) electrons. The van der Waals surface area contributed by atoms with Gasteiger partial charge in [0.2, 0.25) is 5.60 Å². The molecule has 0 aromatic carbocycles. The van der Waals surface area contributed by atoms with Gasteiger partial charge in [0.25, 0.3) is 11.8 Å². The Bertz CT molecular complexity index is 1310. The second-order valence-electron chi connectivity index (χ2n) is 9.26. The van der Waals surface area contributed by atoms with Crippen LogP contribution in [0.2, 0.25) is 0 Å². The molecule has 220 valence electrons. The number of carboxylic acids is 1. The van der Waals surface area contributed by atoms with E-state index in [9.17, 15) is 32.5 Å². The first-order valence-corrected chi connectivity index (χ1v) is 14.6. The highest BCUT2D eigenvalue weighted by Gasteiger charge is 2.56. The fourth-order valence-corrected chi connectivity index (χ4v) is 5.45. The molecule has 2 aliphatic heterocycles. The number of aromatic nitrogens is 3. The summed E-state index contributed by atoms with van der Waals surface area (Å²) in [5.74, 6) is -3.31. The van der Waals surface area contributed by atoms with Crippen molar-refractivity contribution in [3.63, 3.8) is 0 Å². The zero-order valence-corrected chi connectivity index (χ0v) is 22.7. The summed E-state index contributed by atoms with van der Waals surface area (Å²) in [6, 6.07) is -2.69. The van der Waals surface area contributed by atoms with Gasteiger partial charge < -0.3 is 37.4 Å². The molecule has 18 nitrogen and oxygen atoms in total. The number of nitrogens with two attached hydrogens (primary N) is 2. The van der Waals surface area contributed by atoms with Crippen LogP contribution in [0.1, 0.15) is 31.4 Å². The van der Waals surface area contributed by atoms with E-state index >= 15 is 0 Å². The molecule has 4 rings (SSSR count). The van der Waals surface area contributed by atoms with E-state index < -0.39 is 57.0 Å². The highest BCUT2D eigenvalue weighted by Crippen LogP contribution is 2.40. The van der Waals surface area contributed by atoms with E-state index in [1.807, 2.05) is 0 Å². The predicted octanol–water partition coefficient (Wildman–Crippen LogP) is -2.99. The lowest BCUT2D eigenvalue weighted by Gasteiger charge is -2.43. The summed E-state index contributed by atoms with van der Waals surface area (Å²) in [5.41, 5.74) is 9.34. The van der Waals surface area contributed by atoms with Crippen LogP contribution in [0.15, 0.2) is 22.5 Å². The minimum Gasteiger partial charge on any atom is -0.478 e. The Kier molecular flexibility index (Phi) is 8.95. The van der Waals surface area contributed by atoms with Crippen LogP contribution in [-0.4, -0.2) is 97.1 Å². The average molecular weight is 603 g/mol. The van der Waals surface area contributed by atoms with E-state index in [2.05, 4.69) is 31.3 Å². The number of thioether (sulfide) groups is 1. The second kappa shape index (κ2) is 12.1. The summed E-state index contributed by atoms with van der Waals surface area (Å²) in [5, 5.41) is 31.2. The van der Waals surface area contributed by atoms with Crippen LogP contribution in [-0.2, 0) is 42.6 Å². The third kappa shape index (κ3) is 6.70. The first-order valence-electron chi connectivity index (χ1n) is 12.2. The van der Waals surface area contributed by atoms with Gasteiger partial charge in [-0.1, -0.05) is 16.9 Å². The molecule has 1 aromatic heterocycles. The van der Waals surface area contributed by atoms with E-state index in [4.69, 9.17) is 16.3 Å². The van der Waals surface area contributed by atoms with Crippen LogP contribution in [0, 0.1) is 0 Å². The standard InChI is InChI=1S/C20H30N10O8S2/c21-5-1-2-6-23-7-11-8-24-29(27-11)9-13-15(17(32)30(13)40(35,36)37)26-16(31)14(12-10-39-19(22)25-12)28-38-20(3-4-20)18(33)34/h8,10,13,15,19,23,25H,1-7,9,21-22H2,(H,26,31)(H,33,34)(H,35,36,37)/b28-14-. The Hall–Kier alpha value is -3.30. The topological polar surface area (TPSA) is 269 Å². The summed E-state index contributed by atoms with van der Waals surface area (Å²) in [6.45, 7) is 1.40. The van der Waals surface area contributed by atoms with Crippen molar-refractivity contribution < 1.29 is 37.3 Å². The summed E-state index contributed by atoms with van der Waals surface area (Å²) >= 11 is 1.12. The van der Waals surface area contributed by atoms with Crippen molar-refractivity contribution in [3.05, 3.63) is 23.0 Å². The lowest BCUT2D eigenvalue weighted by atomic mass is 9.98. The largest absolute Gasteiger partial charge is 0.478 e. The van der Waals surface area contributed by atoms with Gasteiger partial charge in [-0.25, -0.2) is 9.10 Å². The van der Waals surface area contributed by atoms with Gasteiger partial charge >= 0.3 is 16.3 Å². The van der Waals surface area contributed by atoms with Crippen LogP contribution in [0.25, 0.3) is 0 Å². The molecule has 3 heterocycles. The summed E-state index contributed by atoms with van der Waals surface area (Å²) < 4.78 is 33.6. The maximum absolute atomic E-state index is 13.2. The van der Waals surface area contributed by atoms with Gasteiger partial charge in [0, 0.05) is 24.8 Å². The fourth-order valence-electron chi connectivity index (χ4n) is 3.92. The van der Waals surface area contributed by atoms with Gasteiger partial charge in [0.1, 0.15) is 17.6 Å². The smallest absolute Gasteiger partial charge is 0.362 e. The van der Waals surface area contributed by atoms with Gasteiger partial charge in [-0.05, 0) is 25.9 Å². The van der Waals surface area contributed by atoms with Crippen molar-refractivity contribution in [2.45, 2.75) is 62.0 Å². The molecule has 9 N–H and O–H groups in total. The summed E-state index contributed by atoms with van der Waals surface area (Å²) in [6.07, 6.45) is 3.58. The van der Waals surface area contributed by atoms with E-state index in [-0.39, 0.29) is 29.4 Å². The van der Waals surface area contributed by atoms with Crippen molar-refractivity contribution in [3.8, 4) is 0 Å². The molecular weight excluding hydrogens is 572 g/mol. The molecule has 40 heavy (non-hydrogen) atoms. The van der Waals surface area contributed by atoms with Gasteiger partial charge in [-0.3, -0.25) is 14.1 Å². The van der Waals surface area contributed by atoms with Crippen molar-refractivity contribution >= 4 is 45.6 Å². The average Bonchev–Trinajstić information content (AvgIpc) is 3.36. The van der Waals surface area contributed by atoms with Crippen molar-refractivity contribution in [2.24, 2.45) is 16.6 Å². The molecule has 3 atom stereocenters. The number of hydrogen-bond acceptors (Lipinski definition) is 14. The van der Waals surface area contributed by atoms with E-state index in [1.165, 1.54) is 11.6 Å². The Labute approximate surface area is 232 Å². The van der Waals surface area contributed by atoms with Crippen molar-refractivity contribution in [1.82, 2.24) is 35.2 Å². The molecule has 20 heteroatoms. The lowest BCUT2D eigenvalue weighted by molar-refractivity contribution is -0.153. The van der Waals surface area contributed by atoms with Crippen LogP contribution in [0.4, 0.5) is 0 Å². The number of amides is 2. The van der Waals surface area contributed by atoms with Crippen molar-refractivity contribution in [2.75, 3.05) is 13.1 Å². The van der Waals surface area contributed by atoms with Gasteiger partial charge in [0.05, 0.1) is 24.1 Å². The molecule has 3 aliphatic rings. The van der Waals surface area contributed by atoms with Gasteiger partial charge in [0.15, 0.2) is 5.71 Å². The number of rotatable bonds is 15. The predicted molar refractivity (Wildman–Crippen MR) is 139 cm³/mol. The third-order valence-corrected chi connectivity index (χ3v) is 7.99. The molecule has 1 aliphatic carbocycles. The Morgan fingerprint density at radius 2 is 2.10 bits per heavy atom. The molecule has 0 bridgehead atoms. The quantitative estimate of drug-likeness (QED) is 0.0347. The maximum atomic E-state index is 13.2. The third-order valence-electron chi connectivity index (χ3n) is 6.26. The summed E-state index contributed by atoms with van der Waals surface area (Å²) in [4.78, 5) is 43.7. The van der Waals surface area contributed by atoms with E-state index in [0.717, 1.165) is 29.4 Å². The van der Waals surface area contributed by atoms with Crippen molar-refractivity contribution in [1.29, 1.82) is 0 Å². The molecule has 0 spiro atoms. The number of nitrogens with one attached hydrogen (secondary N) is 3. The maximum Gasteiger partial charge on any atom is 0.362 e. The highest BCUT2D eigenvalue weighted by molar-refractivity contribution is 8.02.